The molecule has 0 saturated heterocycles. The van der Waals surface area contributed by atoms with Gasteiger partial charge in [-0.3, -0.25) is 4.99 Å². The van der Waals surface area contributed by atoms with E-state index < -0.39 is 0 Å². The zero-order chi connectivity index (χ0) is 18.2. The smallest absolute Gasteiger partial charge is 0.191 e. The molecular formula is C20H24IN5O. The Hall–Kier alpha value is -2.55. The predicted octanol–water partition coefficient (Wildman–Crippen LogP) is 3.36. The number of benzene rings is 2. The molecule has 0 aliphatic heterocycles. The first-order valence-electron chi connectivity index (χ1n) is 8.45. The van der Waals surface area contributed by atoms with Crippen molar-refractivity contribution in [2.75, 3.05) is 14.2 Å². The second-order valence-electron chi connectivity index (χ2n) is 5.75. The van der Waals surface area contributed by atoms with E-state index in [-0.39, 0.29) is 24.0 Å². The fraction of sp³-hybridized carbons (Fsp3) is 0.200. The van der Waals surface area contributed by atoms with E-state index >= 15 is 0 Å². The molecule has 0 bridgehead atoms. The van der Waals surface area contributed by atoms with Gasteiger partial charge >= 0.3 is 0 Å². The van der Waals surface area contributed by atoms with E-state index in [0.29, 0.717) is 13.1 Å². The van der Waals surface area contributed by atoms with Gasteiger partial charge in [0.1, 0.15) is 5.75 Å². The van der Waals surface area contributed by atoms with Crippen LogP contribution in [0.5, 0.6) is 5.75 Å². The molecule has 0 radical (unpaired) electrons. The van der Waals surface area contributed by atoms with Gasteiger partial charge in [-0.2, -0.15) is 5.10 Å². The molecular weight excluding hydrogens is 453 g/mol. The number of hydrogen-bond donors (Lipinski definition) is 2. The van der Waals surface area contributed by atoms with E-state index in [9.17, 15) is 0 Å². The molecule has 0 spiro atoms. The number of aliphatic imine (C=N–C) groups is 1. The molecule has 1 heterocycles. The molecule has 3 rings (SSSR count). The first-order valence-corrected chi connectivity index (χ1v) is 8.45. The van der Waals surface area contributed by atoms with Gasteiger partial charge in [0.25, 0.3) is 0 Å². The summed E-state index contributed by atoms with van der Waals surface area (Å²) in [6.07, 6.45) is 3.70. The second kappa shape index (κ2) is 10.6. The minimum absolute atomic E-state index is 0. The van der Waals surface area contributed by atoms with Gasteiger partial charge in [0.15, 0.2) is 5.96 Å². The Morgan fingerprint density at radius 3 is 2.37 bits per heavy atom. The summed E-state index contributed by atoms with van der Waals surface area (Å²) in [7, 11) is 3.44. The SMILES string of the molecule is CN=C(NCc1cccc(OC)c1)NCc1cccc(-n2cccn2)c1.I. The average Bonchev–Trinajstić information content (AvgIpc) is 3.23. The quantitative estimate of drug-likeness (QED) is 0.325. The number of nitrogens with zero attached hydrogens (tertiary/aromatic N) is 3. The van der Waals surface area contributed by atoms with E-state index in [1.807, 2.05) is 47.3 Å². The molecule has 1 aromatic heterocycles. The lowest BCUT2D eigenvalue weighted by atomic mass is 10.2. The van der Waals surface area contributed by atoms with Crippen LogP contribution in [-0.2, 0) is 13.1 Å². The Bertz CT molecular complexity index is 864. The highest BCUT2D eigenvalue weighted by Crippen LogP contribution is 2.12. The van der Waals surface area contributed by atoms with Crippen molar-refractivity contribution in [2.45, 2.75) is 13.1 Å². The zero-order valence-corrected chi connectivity index (χ0v) is 17.8. The maximum Gasteiger partial charge on any atom is 0.191 e. The molecule has 6 nitrogen and oxygen atoms in total. The molecule has 3 aromatic rings. The molecule has 27 heavy (non-hydrogen) atoms. The summed E-state index contributed by atoms with van der Waals surface area (Å²) < 4.78 is 7.10. The van der Waals surface area contributed by atoms with Gasteiger partial charge in [-0.25, -0.2) is 4.68 Å². The van der Waals surface area contributed by atoms with Crippen molar-refractivity contribution < 1.29 is 4.74 Å². The number of ether oxygens (including phenoxy) is 1. The normalized spacial score (nSPS) is 10.8. The number of hydrogen-bond acceptors (Lipinski definition) is 3. The van der Waals surface area contributed by atoms with Gasteiger partial charge < -0.3 is 15.4 Å². The summed E-state index contributed by atoms with van der Waals surface area (Å²) in [5.41, 5.74) is 3.32. The molecule has 0 fully saturated rings. The van der Waals surface area contributed by atoms with Gasteiger partial charge in [-0.05, 0) is 41.5 Å². The van der Waals surface area contributed by atoms with E-state index in [1.54, 1.807) is 20.4 Å². The zero-order valence-electron chi connectivity index (χ0n) is 15.4. The minimum Gasteiger partial charge on any atom is -0.497 e. The van der Waals surface area contributed by atoms with Crippen LogP contribution in [0, 0.1) is 0 Å². The third-order valence-electron chi connectivity index (χ3n) is 3.96. The second-order valence-corrected chi connectivity index (χ2v) is 5.75. The molecule has 0 atom stereocenters. The van der Waals surface area contributed by atoms with Crippen LogP contribution in [0.2, 0.25) is 0 Å². The Balaban J connectivity index is 0.00000261. The highest BCUT2D eigenvalue weighted by molar-refractivity contribution is 14.0. The number of halogens is 1. The van der Waals surface area contributed by atoms with Crippen molar-refractivity contribution >= 4 is 29.9 Å². The summed E-state index contributed by atoms with van der Waals surface area (Å²) in [6.45, 7) is 1.34. The summed E-state index contributed by atoms with van der Waals surface area (Å²) >= 11 is 0. The number of aromatic nitrogens is 2. The van der Waals surface area contributed by atoms with Crippen molar-refractivity contribution in [3.8, 4) is 11.4 Å². The van der Waals surface area contributed by atoms with Gasteiger partial charge in [-0.15, -0.1) is 24.0 Å². The minimum atomic E-state index is 0. The van der Waals surface area contributed by atoms with Crippen LogP contribution in [0.4, 0.5) is 0 Å². The molecule has 0 aliphatic rings. The number of nitrogens with one attached hydrogen (secondary N) is 2. The van der Waals surface area contributed by atoms with Crippen LogP contribution < -0.4 is 15.4 Å². The van der Waals surface area contributed by atoms with Crippen molar-refractivity contribution in [2.24, 2.45) is 4.99 Å². The van der Waals surface area contributed by atoms with Crippen molar-refractivity contribution in [3.05, 3.63) is 78.1 Å². The summed E-state index contributed by atoms with van der Waals surface area (Å²) in [5, 5.41) is 10.9. The fourth-order valence-corrected chi connectivity index (χ4v) is 2.61. The van der Waals surface area contributed by atoms with Gasteiger partial charge in [0, 0.05) is 32.5 Å². The molecule has 2 N–H and O–H groups in total. The number of guanidine groups is 1. The van der Waals surface area contributed by atoms with Crippen LogP contribution >= 0.6 is 24.0 Å². The Morgan fingerprint density at radius 1 is 1.04 bits per heavy atom. The summed E-state index contributed by atoms with van der Waals surface area (Å²) in [6, 6.07) is 18.1. The lowest BCUT2D eigenvalue weighted by molar-refractivity contribution is 0.414. The van der Waals surface area contributed by atoms with E-state index in [2.05, 4.69) is 38.9 Å². The number of methoxy groups -OCH3 is 1. The monoisotopic (exact) mass is 477 g/mol. The van der Waals surface area contributed by atoms with Crippen molar-refractivity contribution in [3.63, 3.8) is 0 Å². The standard InChI is InChI=1S/C20H23N5O.HI/c1-21-20(23-15-17-7-4-9-19(13-17)26-2)22-14-16-6-3-8-18(12-16)25-11-5-10-24-25;/h3-13H,14-15H2,1-2H3,(H2,21,22,23);1H. The van der Waals surface area contributed by atoms with Gasteiger partial charge in [0.05, 0.1) is 12.8 Å². The van der Waals surface area contributed by atoms with Crippen LogP contribution in [0.3, 0.4) is 0 Å². The molecule has 7 heteroatoms. The first kappa shape index (κ1) is 20.8. The Morgan fingerprint density at radius 2 is 1.74 bits per heavy atom. The third kappa shape index (κ3) is 5.99. The Labute approximate surface area is 176 Å². The van der Waals surface area contributed by atoms with E-state index in [0.717, 1.165) is 28.5 Å². The summed E-state index contributed by atoms with van der Waals surface area (Å²) in [5.74, 6) is 1.60. The largest absolute Gasteiger partial charge is 0.497 e. The van der Waals surface area contributed by atoms with Crippen LogP contribution in [0.1, 0.15) is 11.1 Å². The molecule has 0 saturated carbocycles. The summed E-state index contributed by atoms with van der Waals surface area (Å²) in [4.78, 5) is 4.28. The predicted molar refractivity (Wildman–Crippen MR) is 119 cm³/mol. The van der Waals surface area contributed by atoms with Crippen LogP contribution in [-0.4, -0.2) is 29.9 Å². The molecule has 0 aliphatic carbocycles. The number of rotatable bonds is 6. The highest BCUT2D eigenvalue weighted by Gasteiger charge is 2.02. The first-order chi connectivity index (χ1) is 12.8. The fourth-order valence-electron chi connectivity index (χ4n) is 2.61. The maximum absolute atomic E-state index is 5.25. The maximum atomic E-state index is 5.25. The van der Waals surface area contributed by atoms with Gasteiger partial charge in [-0.1, -0.05) is 24.3 Å². The lowest BCUT2D eigenvalue weighted by Gasteiger charge is -2.13. The van der Waals surface area contributed by atoms with Crippen molar-refractivity contribution in [1.29, 1.82) is 0 Å². The topological polar surface area (TPSA) is 63.5 Å². The van der Waals surface area contributed by atoms with E-state index in [1.165, 1.54) is 0 Å². The molecule has 142 valence electrons. The van der Waals surface area contributed by atoms with Crippen LogP contribution in [0.25, 0.3) is 5.69 Å². The van der Waals surface area contributed by atoms with Crippen molar-refractivity contribution in [1.82, 2.24) is 20.4 Å². The molecule has 0 amide bonds. The Kier molecular flexibility index (Phi) is 8.12. The highest BCUT2D eigenvalue weighted by atomic mass is 127. The van der Waals surface area contributed by atoms with Gasteiger partial charge in [0.2, 0.25) is 0 Å². The lowest BCUT2D eigenvalue weighted by Crippen LogP contribution is -2.36. The molecule has 2 aromatic carbocycles. The average molecular weight is 477 g/mol. The van der Waals surface area contributed by atoms with Crippen LogP contribution in [0.15, 0.2) is 72.0 Å². The van der Waals surface area contributed by atoms with E-state index in [4.69, 9.17) is 4.74 Å². The third-order valence-corrected chi connectivity index (χ3v) is 3.96. The molecule has 0 unspecified atom stereocenters.